The van der Waals surface area contributed by atoms with Crippen LogP contribution in [0, 0.1) is 0 Å². The summed E-state index contributed by atoms with van der Waals surface area (Å²) in [4.78, 5) is 35.9. The van der Waals surface area contributed by atoms with E-state index in [4.69, 9.17) is 47.4 Å². The zero-order chi connectivity index (χ0) is 38.6. The molecule has 1 amide bonds. The molecular weight excluding hydrogens is 714 g/mol. The van der Waals surface area contributed by atoms with Crippen molar-refractivity contribution in [3.05, 3.63) is 95.6 Å². The molecule has 0 radical (unpaired) electrons. The van der Waals surface area contributed by atoms with Gasteiger partial charge in [0.15, 0.2) is 0 Å². The molecule has 0 saturated carbocycles. The lowest BCUT2D eigenvalue weighted by molar-refractivity contribution is -0.139. The van der Waals surface area contributed by atoms with Gasteiger partial charge in [-0.25, -0.2) is 9.59 Å². The summed E-state index contributed by atoms with van der Waals surface area (Å²) >= 11 is 0. The number of ether oxygens (including phenoxy) is 10. The van der Waals surface area contributed by atoms with Crippen molar-refractivity contribution in [1.82, 2.24) is 5.32 Å². The number of nitrogens with one attached hydrogen (secondary N) is 1. The molecule has 55 heavy (non-hydrogen) atoms. The van der Waals surface area contributed by atoms with E-state index in [1.165, 1.54) is 22.3 Å². The Kier molecular flexibility index (Phi) is 21.6. The van der Waals surface area contributed by atoms with Crippen LogP contribution in [0.2, 0.25) is 0 Å². The number of carbonyl (C=O) groups excluding carboxylic acids is 3. The molecule has 0 unspecified atom stereocenters. The van der Waals surface area contributed by atoms with Crippen LogP contribution in [0.5, 0.6) is 0 Å². The van der Waals surface area contributed by atoms with Gasteiger partial charge in [-0.1, -0.05) is 78.9 Å². The number of alkyl carbamates (subject to hydrolysis) is 1. The highest BCUT2D eigenvalue weighted by atomic mass is 16.6. The van der Waals surface area contributed by atoms with Crippen LogP contribution in [0.15, 0.2) is 78.9 Å². The molecule has 0 saturated heterocycles. The van der Waals surface area contributed by atoms with Gasteiger partial charge >= 0.3 is 12.1 Å². The molecule has 0 fully saturated rings. The van der Waals surface area contributed by atoms with Gasteiger partial charge in [-0.05, 0) is 22.3 Å². The molecule has 3 aromatic rings. The average molecular weight is 768 g/mol. The first kappa shape index (κ1) is 43.5. The smallest absolute Gasteiger partial charge is 0.407 e. The largest absolute Gasteiger partial charge is 0.457 e. The van der Waals surface area contributed by atoms with Crippen molar-refractivity contribution >= 4 is 17.8 Å². The number of amides is 1. The normalized spacial score (nSPS) is 11.9. The summed E-state index contributed by atoms with van der Waals surface area (Å²) < 4.78 is 54.1. The van der Waals surface area contributed by atoms with Gasteiger partial charge in [-0.2, -0.15) is 0 Å². The molecule has 0 spiro atoms. The van der Waals surface area contributed by atoms with Crippen molar-refractivity contribution in [2.24, 2.45) is 0 Å². The first-order valence-electron chi connectivity index (χ1n) is 18.6. The molecule has 1 N–H and O–H groups in total. The second-order valence-corrected chi connectivity index (χ2v) is 12.0. The summed E-state index contributed by atoms with van der Waals surface area (Å²) in [5, 5.41) is 2.74. The number of esters is 1. The van der Waals surface area contributed by atoms with Crippen LogP contribution in [0.1, 0.15) is 27.4 Å². The van der Waals surface area contributed by atoms with Gasteiger partial charge in [0.05, 0.1) is 106 Å². The minimum atomic E-state index is -0.902. The maximum Gasteiger partial charge on any atom is 0.407 e. The van der Waals surface area contributed by atoms with Crippen molar-refractivity contribution in [3.8, 4) is 11.1 Å². The number of carbonyl (C=O) groups is 3. The van der Waals surface area contributed by atoms with Gasteiger partial charge in [-0.3, -0.25) is 4.79 Å². The fourth-order valence-electron chi connectivity index (χ4n) is 5.48. The molecule has 3 aromatic carbocycles. The van der Waals surface area contributed by atoms with Gasteiger partial charge in [-0.15, -0.1) is 0 Å². The van der Waals surface area contributed by atoms with Crippen molar-refractivity contribution in [3.63, 3.8) is 0 Å². The number of Topliss-reactive ketones (excluding diaryl/α,β-unsaturated/α-hetero) is 1. The van der Waals surface area contributed by atoms with Gasteiger partial charge in [0.25, 0.3) is 5.78 Å². The average Bonchev–Trinajstić information content (AvgIpc) is 3.54. The Bertz CT molecular complexity index is 1480. The second kappa shape index (κ2) is 27.3. The van der Waals surface area contributed by atoms with E-state index in [9.17, 15) is 14.4 Å². The third-order valence-electron chi connectivity index (χ3n) is 8.15. The Morgan fingerprint density at radius 1 is 0.436 bits per heavy atom. The minimum Gasteiger partial charge on any atom is -0.457 e. The summed E-state index contributed by atoms with van der Waals surface area (Å²) in [5.41, 5.74) is 5.04. The predicted molar refractivity (Wildman–Crippen MR) is 201 cm³/mol. The number of benzene rings is 3. The van der Waals surface area contributed by atoms with Crippen LogP contribution < -0.4 is 5.32 Å². The molecule has 0 atom stereocenters. The highest BCUT2D eigenvalue weighted by Crippen LogP contribution is 2.44. The summed E-state index contributed by atoms with van der Waals surface area (Å²) in [5.74, 6) is -1.55. The number of hydrogen-bond donors (Lipinski definition) is 1. The van der Waals surface area contributed by atoms with E-state index >= 15 is 0 Å². The molecule has 14 heteroatoms. The van der Waals surface area contributed by atoms with Crippen molar-refractivity contribution < 1.29 is 61.8 Å². The van der Waals surface area contributed by atoms with E-state index in [0.29, 0.717) is 111 Å². The molecular formula is C41H53NO13. The zero-order valence-electron chi connectivity index (χ0n) is 31.3. The lowest BCUT2D eigenvalue weighted by Crippen LogP contribution is -2.29. The molecule has 0 heterocycles. The lowest BCUT2D eigenvalue weighted by Gasteiger charge is -2.14. The van der Waals surface area contributed by atoms with Gasteiger partial charge < -0.3 is 52.7 Å². The SMILES string of the molecule is O=C(NCCOCCOCCOCCOCCOCCOCCOCCOCCOC(=O)C(=O)c1ccccc1)OCC1c2ccccc2-c2ccccc21. The monoisotopic (exact) mass is 767 g/mol. The fraction of sp³-hybridized carbons (Fsp3) is 0.488. The molecule has 0 aliphatic heterocycles. The minimum absolute atomic E-state index is 0.00920. The van der Waals surface area contributed by atoms with Gasteiger partial charge in [0.1, 0.15) is 13.2 Å². The van der Waals surface area contributed by atoms with Crippen molar-refractivity contribution in [2.45, 2.75) is 5.92 Å². The Morgan fingerprint density at radius 2 is 0.818 bits per heavy atom. The fourth-order valence-corrected chi connectivity index (χ4v) is 5.48. The molecule has 14 nitrogen and oxygen atoms in total. The first-order valence-corrected chi connectivity index (χ1v) is 18.6. The van der Waals surface area contributed by atoms with Crippen LogP contribution in [0.25, 0.3) is 11.1 Å². The van der Waals surface area contributed by atoms with Crippen molar-refractivity contribution in [2.75, 3.05) is 125 Å². The Hall–Kier alpha value is -4.25. The third kappa shape index (κ3) is 17.0. The van der Waals surface area contributed by atoms with Crippen molar-refractivity contribution in [1.29, 1.82) is 0 Å². The third-order valence-corrected chi connectivity index (χ3v) is 8.15. The van der Waals surface area contributed by atoms with E-state index < -0.39 is 17.8 Å². The molecule has 1 aliphatic carbocycles. The van der Waals surface area contributed by atoms with Crippen LogP contribution in [0.4, 0.5) is 4.79 Å². The Labute approximate surface area is 322 Å². The van der Waals surface area contributed by atoms with E-state index in [1.807, 2.05) is 24.3 Å². The topological polar surface area (TPSA) is 156 Å². The number of rotatable bonds is 31. The van der Waals surface area contributed by atoms with E-state index in [-0.39, 0.29) is 25.7 Å². The maximum absolute atomic E-state index is 12.2. The van der Waals surface area contributed by atoms with E-state index in [0.717, 1.165) is 0 Å². The van der Waals surface area contributed by atoms with Crippen LogP contribution >= 0.6 is 0 Å². The molecule has 0 bridgehead atoms. The first-order chi connectivity index (χ1) is 27.1. The lowest BCUT2D eigenvalue weighted by atomic mass is 9.98. The van der Waals surface area contributed by atoms with E-state index in [1.54, 1.807) is 30.3 Å². The summed E-state index contributed by atoms with van der Waals surface area (Å²) in [6.45, 7) is 7.15. The Balaban J connectivity index is 0.807. The highest BCUT2D eigenvalue weighted by Gasteiger charge is 2.29. The van der Waals surface area contributed by atoms with Crippen LogP contribution in [-0.4, -0.2) is 143 Å². The second-order valence-electron chi connectivity index (χ2n) is 12.0. The number of hydrogen-bond acceptors (Lipinski definition) is 13. The van der Waals surface area contributed by atoms with Crippen LogP contribution in [0.3, 0.4) is 0 Å². The molecule has 300 valence electrons. The van der Waals surface area contributed by atoms with Gasteiger partial charge in [0, 0.05) is 18.0 Å². The highest BCUT2D eigenvalue weighted by molar-refractivity contribution is 6.40. The zero-order valence-corrected chi connectivity index (χ0v) is 31.3. The maximum atomic E-state index is 12.2. The quantitative estimate of drug-likeness (QED) is 0.0433. The molecule has 1 aliphatic rings. The van der Waals surface area contributed by atoms with E-state index in [2.05, 4.69) is 29.6 Å². The molecule has 4 rings (SSSR count). The van der Waals surface area contributed by atoms with Gasteiger partial charge in [0.2, 0.25) is 0 Å². The Morgan fingerprint density at radius 3 is 1.27 bits per heavy atom. The van der Waals surface area contributed by atoms with Crippen LogP contribution in [-0.2, 0) is 52.2 Å². The molecule has 0 aromatic heterocycles. The summed E-state index contributed by atoms with van der Waals surface area (Å²) in [7, 11) is 0. The number of ketones is 1. The predicted octanol–water partition coefficient (Wildman–Crippen LogP) is 4.08. The summed E-state index contributed by atoms with van der Waals surface area (Å²) in [6.07, 6.45) is -0.461. The number of fused-ring (bicyclic) bond motifs is 3. The standard InChI is InChI=1S/C41H53NO13/c43-39(33-8-2-1-3-9-33)40(44)54-31-30-53-29-28-52-27-26-51-25-24-50-23-22-49-21-20-48-19-18-47-17-16-46-15-14-42-41(45)55-32-38-36-12-6-4-10-34(36)35-11-5-7-13-37(35)38/h1-13,38H,14-32H2,(H,42,45). The summed E-state index contributed by atoms with van der Waals surface area (Å²) in [6, 6.07) is 24.7.